The zero-order valence-electron chi connectivity index (χ0n) is 10.5. The van der Waals surface area contributed by atoms with Gasteiger partial charge in [-0.1, -0.05) is 5.21 Å². The van der Waals surface area contributed by atoms with Crippen molar-refractivity contribution in [3.63, 3.8) is 0 Å². The molecule has 2 aliphatic rings. The number of fused-ring (bicyclic) bond motifs is 1. The number of nitrogens with zero attached hydrogens (tertiary/aromatic N) is 4. The van der Waals surface area contributed by atoms with Gasteiger partial charge >= 0.3 is 5.97 Å². The van der Waals surface area contributed by atoms with Gasteiger partial charge in [0.05, 0.1) is 23.3 Å². The zero-order valence-corrected chi connectivity index (χ0v) is 10.5. The second-order valence-corrected chi connectivity index (χ2v) is 5.41. The third-order valence-electron chi connectivity index (χ3n) is 4.10. The van der Waals surface area contributed by atoms with E-state index in [1.165, 1.54) is 0 Å². The van der Waals surface area contributed by atoms with E-state index in [1.807, 2.05) is 4.68 Å². The minimum atomic E-state index is -0.697. The topological polar surface area (TPSA) is 71.2 Å². The van der Waals surface area contributed by atoms with E-state index in [0.29, 0.717) is 18.9 Å². The Bertz CT molecular complexity index is 471. The number of aromatic nitrogens is 3. The lowest BCUT2D eigenvalue weighted by Gasteiger charge is -2.21. The standard InChI is InChI=1S/C12H18N4O2/c1-15-5-4-9(7-15)16-11-6-8(12(17)18)2-3-10(11)13-14-16/h8-9H,2-7H2,1H3,(H,17,18)/t8-,9-/m0/s1. The largest absolute Gasteiger partial charge is 0.481 e. The van der Waals surface area contributed by atoms with E-state index in [2.05, 4.69) is 22.3 Å². The summed E-state index contributed by atoms with van der Waals surface area (Å²) in [4.78, 5) is 13.4. The van der Waals surface area contributed by atoms with E-state index in [9.17, 15) is 4.79 Å². The molecule has 1 aliphatic carbocycles. The van der Waals surface area contributed by atoms with Gasteiger partial charge in [0.1, 0.15) is 0 Å². The Morgan fingerprint density at radius 3 is 2.94 bits per heavy atom. The van der Waals surface area contributed by atoms with Crippen LogP contribution in [0, 0.1) is 5.92 Å². The van der Waals surface area contributed by atoms with Crippen molar-refractivity contribution >= 4 is 5.97 Å². The van der Waals surface area contributed by atoms with Crippen LogP contribution in [-0.2, 0) is 17.6 Å². The van der Waals surface area contributed by atoms with Crippen LogP contribution < -0.4 is 0 Å². The third kappa shape index (κ3) is 1.90. The fourth-order valence-electron chi connectivity index (χ4n) is 3.01. The molecule has 1 saturated heterocycles. The van der Waals surface area contributed by atoms with Gasteiger partial charge in [-0.3, -0.25) is 4.79 Å². The fraction of sp³-hybridized carbons (Fsp3) is 0.750. The molecule has 1 aromatic heterocycles. The number of hydrogen-bond donors (Lipinski definition) is 1. The molecule has 0 radical (unpaired) electrons. The number of carbonyl (C=O) groups is 1. The number of hydrogen-bond acceptors (Lipinski definition) is 4. The summed E-state index contributed by atoms with van der Waals surface area (Å²) in [5.74, 6) is -0.967. The van der Waals surface area contributed by atoms with Crippen molar-refractivity contribution in [1.82, 2.24) is 19.9 Å². The van der Waals surface area contributed by atoms with Crippen LogP contribution in [0.1, 0.15) is 30.3 Å². The fourth-order valence-corrected chi connectivity index (χ4v) is 3.01. The number of carboxylic acids is 1. The summed E-state index contributed by atoms with van der Waals surface area (Å²) in [7, 11) is 2.10. The molecule has 0 saturated carbocycles. The smallest absolute Gasteiger partial charge is 0.306 e. The Morgan fingerprint density at radius 2 is 2.28 bits per heavy atom. The summed E-state index contributed by atoms with van der Waals surface area (Å²) in [6.45, 7) is 2.05. The predicted octanol–water partition coefficient (Wildman–Crippen LogP) is 0.344. The minimum absolute atomic E-state index is 0.270. The van der Waals surface area contributed by atoms with Crippen LogP contribution in [0.2, 0.25) is 0 Å². The van der Waals surface area contributed by atoms with Crippen LogP contribution in [0.15, 0.2) is 0 Å². The van der Waals surface area contributed by atoms with Crippen LogP contribution in [0.5, 0.6) is 0 Å². The van der Waals surface area contributed by atoms with Gasteiger partial charge in [0.25, 0.3) is 0 Å². The van der Waals surface area contributed by atoms with Gasteiger partial charge < -0.3 is 10.0 Å². The molecule has 0 bridgehead atoms. The Balaban J connectivity index is 1.85. The molecule has 1 aromatic rings. The van der Waals surface area contributed by atoms with E-state index >= 15 is 0 Å². The highest BCUT2D eigenvalue weighted by Crippen LogP contribution is 2.28. The molecular formula is C12H18N4O2. The molecular weight excluding hydrogens is 232 g/mol. The number of carboxylic acid groups (broad SMARTS) is 1. The van der Waals surface area contributed by atoms with Gasteiger partial charge in [0.2, 0.25) is 0 Å². The Kier molecular flexibility index (Phi) is 2.81. The summed E-state index contributed by atoms with van der Waals surface area (Å²) in [6, 6.07) is 0.360. The molecule has 0 amide bonds. The quantitative estimate of drug-likeness (QED) is 0.819. The molecule has 2 atom stereocenters. The first-order valence-corrected chi connectivity index (χ1v) is 6.49. The molecule has 6 nitrogen and oxygen atoms in total. The lowest BCUT2D eigenvalue weighted by Crippen LogP contribution is -2.26. The molecule has 1 fully saturated rings. The molecule has 1 N–H and O–H groups in total. The van der Waals surface area contributed by atoms with Gasteiger partial charge in [-0.25, -0.2) is 4.68 Å². The number of aliphatic carboxylic acids is 1. The second-order valence-electron chi connectivity index (χ2n) is 5.41. The number of aryl methyl sites for hydroxylation is 1. The summed E-state index contributed by atoms with van der Waals surface area (Å²) in [5, 5.41) is 17.6. The zero-order chi connectivity index (χ0) is 12.7. The van der Waals surface area contributed by atoms with Crippen molar-refractivity contribution in [1.29, 1.82) is 0 Å². The monoisotopic (exact) mass is 250 g/mol. The van der Waals surface area contributed by atoms with Crippen molar-refractivity contribution in [3.8, 4) is 0 Å². The normalized spacial score (nSPS) is 28.3. The van der Waals surface area contributed by atoms with Gasteiger partial charge in [0.15, 0.2) is 0 Å². The van der Waals surface area contributed by atoms with E-state index in [1.54, 1.807) is 0 Å². The molecule has 98 valence electrons. The second kappa shape index (κ2) is 4.35. The predicted molar refractivity (Wildman–Crippen MR) is 64.3 cm³/mol. The molecule has 0 aromatic carbocycles. The van der Waals surface area contributed by atoms with Crippen LogP contribution >= 0.6 is 0 Å². The molecule has 0 spiro atoms. The summed E-state index contributed by atoms with van der Waals surface area (Å²) in [6.07, 6.45) is 3.09. The number of likely N-dealkylation sites (N-methyl/N-ethyl adjacent to an activating group) is 1. The molecule has 6 heteroatoms. The van der Waals surface area contributed by atoms with E-state index in [4.69, 9.17) is 5.11 Å². The maximum absolute atomic E-state index is 11.1. The van der Waals surface area contributed by atoms with Crippen molar-refractivity contribution in [3.05, 3.63) is 11.4 Å². The van der Waals surface area contributed by atoms with Crippen molar-refractivity contribution < 1.29 is 9.90 Å². The first kappa shape index (κ1) is 11.6. The Hall–Kier alpha value is -1.43. The minimum Gasteiger partial charge on any atom is -0.481 e. The highest BCUT2D eigenvalue weighted by molar-refractivity contribution is 5.70. The van der Waals surface area contributed by atoms with Crippen LogP contribution in [0.25, 0.3) is 0 Å². The average molecular weight is 250 g/mol. The van der Waals surface area contributed by atoms with Crippen LogP contribution in [-0.4, -0.2) is 51.1 Å². The molecule has 2 heterocycles. The molecule has 3 rings (SSSR count). The highest BCUT2D eigenvalue weighted by Gasteiger charge is 2.32. The van der Waals surface area contributed by atoms with Crippen molar-refractivity contribution in [2.24, 2.45) is 5.92 Å². The average Bonchev–Trinajstić information content (AvgIpc) is 2.93. The van der Waals surface area contributed by atoms with E-state index < -0.39 is 5.97 Å². The number of rotatable bonds is 2. The summed E-state index contributed by atoms with van der Waals surface area (Å²) in [5.41, 5.74) is 2.05. The first-order chi connectivity index (χ1) is 8.65. The van der Waals surface area contributed by atoms with Crippen molar-refractivity contribution in [2.45, 2.75) is 31.7 Å². The number of likely N-dealkylation sites (tertiary alicyclic amines) is 1. The maximum atomic E-state index is 11.1. The van der Waals surface area contributed by atoms with Gasteiger partial charge in [-0.15, -0.1) is 5.10 Å². The summed E-state index contributed by atoms with van der Waals surface area (Å²) < 4.78 is 1.98. The first-order valence-electron chi connectivity index (χ1n) is 6.49. The molecule has 18 heavy (non-hydrogen) atoms. The SMILES string of the molecule is CN1CC[C@H](n2nnc3c2C[C@@H](C(=O)O)CC3)C1. The Morgan fingerprint density at radius 1 is 1.44 bits per heavy atom. The lowest BCUT2D eigenvalue weighted by atomic mass is 9.89. The van der Waals surface area contributed by atoms with Crippen LogP contribution in [0.4, 0.5) is 0 Å². The molecule has 1 aliphatic heterocycles. The lowest BCUT2D eigenvalue weighted by molar-refractivity contribution is -0.142. The third-order valence-corrected chi connectivity index (χ3v) is 4.10. The maximum Gasteiger partial charge on any atom is 0.306 e. The summed E-state index contributed by atoms with van der Waals surface area (Å²) >= 11 is 0. The Labute approximate surface area is 106 Å². The van der Waals surface area contributed by atoms with Gasteiger partial charge in [-0.2, -0.15) is 0 Å². The van der Waals surface area contributed by atoms with Gasteiger partial charge in [-0.05, 0) is 32.9 Å². The highest BCUT2D eigenvalue weighted by atomic mass is 16.4. The van der Waals surface area contributed by atoms with Gasteiger partial charge in [0, 0.05) is 13.0 Å². The van der Waals surface area contributed by atoms with E-state index in [0.717, 1.165) is 37.3 Å². The van der Waals surface area contributed by atoms with Crippen LogP contribution in [0.3, 0.4) is 0 Å². The molecule has 0 unspecified atom stereocenters. The van der Waals surface area contributed by atoms with E-state index in [-0.39, 0.29) is 5.92 Å². The van der Waals surface area contributed by atoms with Crippen molar-refractivity contribution in [2.75, 3.05) is 20.1 Å².